The van der Waals surface area contributed by atoms with Crippen molar-refractivity contribution in [3.05, 3.63) is 188 Å². The Kier molecular flexibility index (Phi) is 7.42. The van der Waals surface area contributed by atoms with Crippen LogP contribution in [0.15, 0.2) is 197 Å². The molecule has 0 unspecified atom stereocenters. The largest absolute Gasteiger partial charge is 0.455 e. The van der Waals surface area contributed by atoms with E-state index in [2.05, 4.69) is 115 Å². The lowest BCUT2D eigenvalue weighted by Gasteiger charge is -2.17. The number of hydrogen-bond acceptors (Lipinski definition) is 5. The Morgan fingerprint density at radius 2 is 0.661 bits per heavy atom. The van der Waals surface area contributed by atoms with Crippen molar-refractivity contribution in [1.82, 2.24) is 15.0 Å². The van der Waals surface area contributed by atoms with Gasteiger partial charge in [-0.2, -0.15) is 0 Å². The van der Waals surface area contributed by atoms with Gasteiger partial charge in [0.2, 0.25) is 0 Å². The molecule has 0 aliphatic rings. The van der Waals surface area contributed by atoms with Gasteiger partial charge in [-0.3, -0.25) is 0 Å². The second kappa shape index (κ2) is 13.0. The number of benzene rings is 8. The smallest absolute Gasteiger partial charge is 0.167 e. The minimum absolute atomic E-state index is 0.513. The minimum Gasteiger partial charge on any atom is -0.455 e. The molecule has 0 saturated carbocycles. The summed E-state index contributed by atoms with van der Waals surface area (Å²) in [4.78, 5) is 15.8. The molecular formula is C51H31N3O2. The SMILES string of the molecule is c1ccc(-c2ccc(-c3cccc(-c4nc(-c5cccc6c5oc5ccccc56)nc(-c5cccc6c5oc5ccccc56)n4)c3-c3ccccc3)cc2)cc1. The third-order valence-corrected chi connectivity index (χ3v) is 10.6. The summed E-state index contributed by atoms with van der Waals surface area (Å²) in [6.45, 7) is 0. The van der Waals surface area contributed by atoms with E-state index in [-0.39, 0.29) is 0 Å². The van der Waals surface area contributed by atoms with Crippen molar-refractivity contribution >= 4 is 43.9 Å². The second-order valence-corrected chi connectivity index (χ2v) is 13.9. The van der Waals surface area contributed by atoms with Gasteiger partial charge in [-0.15, -0.1) is 0 Å². The van der Waals surface area contributed by atoms with Crippen LogP contribution in [0.25, 0.3) is 111 Å². The third-order valence-electron chi connectivity index (χ3n) is 10.6. The van der Waals surface area contributed by atoms with E-state index in [0.29, 0.717) is 17.5 Å². The van der Waals surface area contributed by atoms with Crippen molar-refractivity contribution in [3.63, 3.8) is 0 Å². The van der Waals surface area contributed by atoms with Crippen LogP contribution in [0.4, 0.5) is 0 Å². The molecule has 11 rings (SSSR count). The summed E-state index contributed by atoms with van der Waals surface area (Å²) in [6, 6.07) is 64.6. The molecule has 5 heteroatoms. The van der Waals surface area contributed by atoms with E-state index < -0.39 is 0 Å². The average molecular weight is 718 g/mol. The summed E-state index contributed by atoms with van der Waals surface area (Å²) in [5.41, 5.74) is 12.2. The van der Waals surface area contributed by atoms with Crippen molar-refractivity contribution in [3.8, 4) is 67.5 Å². The molecule has 11 aromatic rings. The summed E-state index contributed by atoms with van der Waals surface area (Å²) >= 11 is 0. The van der Waals surface area contributed by atoms with Crippen LogP contribution in [-0.4, -0.2) is 15.0 Å². The summed E-state index contributed by atoms with van der Waals surface area (Å²) in [7, 11) is 0. The molecule has 0 fully saturated rings. The lowest BCUT2D eigenvalue weighted by atomic mass is 9.89. The summed E-state index contributed by atoms with van der Waals surface area (Å²) < 4.78 is 13.1. The fraction of sp³-hybridized carbons (Fsp3) is 0. The number of furan rings is 2. The molecule has 56 heavy (non-hydrogen) atoms. The van der Waals surface area contributed by atoms with Crippen LogP contribution in [0.2, 0.25) is 0 Å². The highest BCUT2D eigenvalue weighted by atomic mass is 16.3. The van der Waals surface area contributed by atoms with Gasteiger partial charge >= 0.3 is 0 Å². The Labute approximate surface area is 322 Å². The minimum atomic E-state index is 0.513. The van der Waals surface area contributed by atoms with E-state index >= 15 is 0 Å². The monoisotopic (exact) mass is 717 g/mol. The lowest BCUT2D eigenvalue weighted by molar-refractivity contribution is 0.669. The Bertz CT molecular complexity index is 3110. The molecule has 3 aromatic heterocycles. The topological polar surface area (TPSA) is 65.0 Å². The highest BCUT2D eigenvalue weighted by molar-refractivity contribution is 6.10. The van der Waals surface area contributed by atoms with Crippen LogP contribution in [0.5, 0.6) is 0 Å². The Morgan fingerprint density at radius 3 is 1.23 bits per heavy atom. The second-order valence-electron chi connectivity index (χ2n) is 13.9. The first-order valence-corrected chi connectivity index (χ1v) is 18.7. The predicted octanol–water partition coefficient (Wildman–Crippen LogP) is 13.7. The van der Waals surface area contributed by atoms with Gasteiger partial charge in [0.1, 0.15) is 22.3 Å². The van der Waals surface area contributed by atoms with Crippen molar-refractivity contribution in [2.24, 2.45) is 0 Å². The first-order valence-electron chi connectivity index (χ1n) is 18.7. The lowest BCUT2D eigenvalue weighted by Crippen LogP contribution is -2.02. The van der Waals surface area contributed by atoms with Gasteiger partial charge in [0.25, 0.3) is 0 Å². The highest BCUT2D eigenvalue weighted by Crippen LogP contribution is 2.42. The van der Waals surface area contributed by atoms with Crippen LogP contribution < -0.4 is 0 Å². The number of hydrogen-bond donors (Lipinski definition) is 0. The van der Waals surface area contributed by atoms with Gasteiger partial charge in [0, 0.05) is 32.7 Å². The molecule has 0 bridgehead atoms. The highest BCUT2D eigenvalue weighted by Gasteiger charge is 2.23. The molecule has 0 aliphatic carbocycles. The number of aromatic nitrogens is 3. The zero-order valence-corrected chi connectivity index (χ0v) is 30.1. The Hall–Kier alpha value is -7.63. The predicted molar refractivity (Wildman–Crippen MR) is 227 cm³/mol. The third kappa shape index (κ3) is 5.29. The fourth-order valence-corrected chi connectivity index (χ4v) is 7.95. The number of rotatable bonds is 6. The van der Waals surface area contributed by atoms with Crippen LogP contribution in [0.3, 0.4) is 0 Å². The van der Waals surface area contributed by atoms with E-state index in [0.717, 1.165) is 88.4 Å². The quantitative estimate of drug-likeness (QED) is 0.171. The maximum absolute atomic E-state index is 6.53. The van der Waals surface area contributed by atoms with Gasteiger partial charge in [0.15, 0.2) is 17.5 Å². The van der Waals surface area contributed by atoms with Crippen molar-refractivity contribution in [2.75, 3.05) is 0 Å². The molecule has 0 saturated heterocycles. The zero-order chi connectivity index (χ0) is 37.0. The van der Waals surface area contributed by atoms with Gasteiger partial charge in [0.05, 0.1) is 11.1 Å². The first-order chi connectivity index (χ1) is 27.8. The van der Waals surface area contributed by atoms with Crippen molar-refractivity contribution in [2.45, 2.75) is 0 Å². The molecule has 8 aromatic carbocycles. The zero-order valence-electron chi connectivity index (χ0n) is 30.1. The van der Waals surface area contributed by atoms with Crippen LogP contribution in [-0.2, 0) is 0 Å². The summed E-state index contributed by atoms with van der Waals surface area (Å²) in [5.74, 6) is 1.58. The summed E-state index contributed by atoms with van der Waals surface area (Å²) in [5, 5.41) is 4.10. The maximum atomic E-state index is 6.53. The first kappa shape index (κ1) is 31.9. The standard InChI is InChI=1S/C51H31N3O2/c1-3-14-32(15-4-1)33-28-30-34(31-29-33)36-20-11-23-41(46(36)35-16-5-2-6-17-35)49-52-50(42-24-12-21-39-37-18-7-9-26-44(37)55-47(39)42)54-51(53-49)43-25-13-22-40-38-19-8-10-27-45(38)56-48(40)43/h1-31H. The molecule has 0 spiro atoms. The van der Waals surface area contributed by atoms with Gasteiger partial charge < -0.3 is 8.83 Å². The number of nitrogens with zero attached hydrogens (tertiary/aromatic N) is 3. The maximum Gasteiger partial charge on any atom is 0.167 e. The van der Waals surface area contributed by atoms with E-state index in [4.69, 9.17) is 23.8 Å². The van der Waals surface area contributed by atoms with Crippen LogP contribution in [0.1, 0.15) is 0 Å². The van der Waals surface area contributed by atoms with Crippen LogP contribution >= 0.6 is 0 Å². The van der Waals surface area contributed by atoms with E-state index in [9.17, 15) is 0 Å². The number of fused-ring (bicyclic) bond motifs is 6. The molecule has 0 N–H and O–H groups in total. The molecule has 5 nitrogen and oxygen atoms in total. The molecule has 0 atom stereocenters. The summed E-state index contributed by atoms with van der Waals surface area (Å²) in [6.07, 6.45) is 0. The fourth-order valence-electron chi connectivity index (χ4n) is 7.95. The molecule has 3 heterocycles. The van der Waals surface area contributed by atoms with E-state index in [1.54, 1.807) is 0 Å². The molecule has 0 amide bonds. The van der Waals surface area contributed by atoms with Gasteiger partial charge in [-0.25, -0.2) is 15.0 Å². The van der Waals surface area contributed by atoms with Gasteiger partial charge in [-0.05, 0) is 52.1 Å². The molecule has 0 aliphatic heterocycles. The Balaban J connectivity index is 1.17. The normalized spacial score (nSPS) is 11.6. The van der Waals surface area contributed by atoms with E-state index in [1.807, 2.05) is 72.8 Å². The van der Waals surface area contributed by atoms with Gasteiger partial charge in [-0.1, -0.05) is 164 Å². The Morgan fingerprint density at radius 1 is 0.268 bits per heavy atom. The van der Waals surface area contributed by atoms with Crippen molar-refractivity contribution in [1.29, 1.82) is 0 Å². The van der Waals surface area contributed by atoms with Crippen LogP contribution in [0, 0.1) is 0 Å². The molecule has 0 radical (unpaired) electrons. The van der Waals surface area contributed by atoms with E-state index in [1.165, 1.54) is 5.56 Å². The molecule has 262 valence electrons. The number of para-hydroxylation sites is 4. The average Bonchev–Trinajstić information content (AvgIpc) is 3.85. The van der Waals surface area contributed by atoms with Crippen molar-refractivity contribution < 1.29 is 8.83 Å². The molecular weight excluding hydrogens is 687 g/mol.